The van der Waals surface area contributed by atoms with Crippen LogP contribution in [-0.2, 0) is 4.79 Å². The van der Waals surface area contributed by atoms with Crippen molar-refractivity contribution in [2.45, 2.75) is 50.6 Å². The number of carboxylic acid groups (broad SMARTS) is 1. The SMILES string of the molecule is O=C(O)C1CC2CCCCC2N1C(=O)c1ccc2c(c1)OCCCO2. The van der Waals surface area contributed by atoms with Crippen LogP contribution >= 0.6 is 0 Å². The molecule has 1 aromatic rings. The molecule has 0 aromatic heterocycles. The largest absolute Gasteiger partial charge is 0.490 e. The molecule has 0 spiro atoms. The van der Waals surface area contributed by atoms with E-state index in [-0.39, 0.29) is 11.9 Å². The number of rotatable bonds is 2. The molecule has 4 rings (SSSR count). The third-order valence-electron chi connectivity index (χ3n) is 5.60. The summed E-state index contributed by atoms with van der Waals surface area (Å²) in [6.07, 6.45) is 5.45. The van der Waals surface area contributed by atoms with Gasteiger partial charge in [-0.25, -0.2) is 4.79 Å². The Kier molecular flexibility index (Phi) is 4.27. The van der Waals surface area contributed by atoms with E-state index in [1.165, 1.54) is 0 Å². The minimum Gasteiger partial charge on any atom is -0.490 e. The van der Waals surface area contributed by atoms with E-state index in [1.807, 2.05) is 0 Å². The molecule has 1 N–H and O–H groups in total. The van der Waals surface area contributed by atoms with Gasteiger partial charge in [0.1, 0.15) is 6.04 Å². The molecular formula is C19H23NO5. The highest BCUT2D eigenvalue weighted by Gasteiger charge is 2.47. The highest BCUT2D eigenvalue weighted by molar-refractivity contribution is 5.98. The molecule has 1 amide bonds. The van der Waals surface area contributed by atoms with Crippen molar-refractivity contribution >= 4 is 11.9 Å². The lowest BCUT2D eigenvalue weighted by atomic mass is 9.84. The molecule has 134 valence electrons. The van der Waals surface area contributed by atoms with Crippen molar-refractivity contribution in [3.63, 3.8) is 0 Å². The lowest BCUT2D eigenvalue weighted by Gasteiger charge is -2.33. The van der Waals surface area contributed by atoms with E-state index in [1.54, 1.807) is 23.1 Å². The van der Waals surface area contributed by atoms with Gasteiger partial charge in [-0.15, -0.1) is 0 Å². The fourth-order valence-corrected chi connectivity index (χ4v) is 4.42. The molecule has 1 saturated heterocycles. The van der Waals surface area contributed by atoms with Crippen molar-refractivity contribution in [2.75, 3.05) is 13.2 Å². The zero-order chi connectivity index (χ0) is 17.4. The van der Waals surface area contributed by atoms with E-state index in [2.05, 4.69) is 0 Å². The fourth-order valence-electron chi connectivity index (χ4n) is 4.42. The Balaban J connectivity index is 1.64. The number of benzene rings is 1. The summed E-state index contributed by atoms with van der Waals surface area (Å²) in [6.45, 7) is 1.15. The molecule has 1 aromatic carbocycles. The second kappa shape index (κ2) is 6.58. The Morgan fingerprint density at radius 1 is 1.04 bits per heavy atom. The maximum absolute atomic E-state index is 13.2. The van der Waals surface area contributed by atoms with Crippen molar-refractivity contribution < 1.29 is 24.2 Å². The highest BCUT2D eigenvalue weighted by atomic mass is 16.5. The van der Waals surface area contributed by atoms with Gasteiger partial charge in [0.15, 0.2) is 11.5 Å². The fraction of sp³-hybridized carbons (Fsp3) is 0.579. The van der Waals surface area contributed by atoms with E-state index >= 15 is 0 Å². The minimum atomic E-state index is -0.905. The Bertz CT molecular complexity index is 688. The van der Waals surface area contributed by atoms with Gasteiger partial charge in [0.05, 0.1) is 13.2 Å². The van der Waals surface area contributed by atoms with E-state index < -0.39 is 12.0 Å². The summed E-state index contributed by atoms with van der Waals surface area (Å²) >= 11 is 0. The number of carboxylic acids is 1. The number of carbonyl (C=O) groups is 2. The number of amides is 1. The van der Waals surface area contributed by atoms with Gasteiger partial charge in [-0.3, -0.25) is 4.79 Å². The van der Waals surface area contributed by atoms with Crippen LogP contribution in [0.1, 0.15) is 48.9 Å². The zero-order valence-electron chi connectivity index (χ0n) is 14.1. The average molecular weight is 345 g/mol. The van der Waals surface area contributed by atoms with Crippen LogP contribution in [-0.4, -0.2) is 47.2 Å². The van der Waals surface area contributed by atoms with E-state index in [9.17, 15) is 14.7 Å². The van der Waals surface area contributed by atoms with Crippen LogP contribution in [0, 0.1) is 5.92 Å². The number of fused-ring (bicyclic) bond motifs is 2. The Morgan fingerprint density at radius 2 is 1.80 bits per heavy atom. The molecule has 0 bridgehead atoms. The molecule has 3 unspecified atom stereocenters. The van der Waals surface area contributed by atoms with Crippen LogP contribution in [0.15, 0.2) is 18.2 Å². The predicted molar refractivity (Wildman–Crippen MR) is 90.0 cm³/mol. The Labute approximate surface area is 146 Å². The van der Waals surface area contributed by atoms with Crippen molar-refractivity contribution in [1.82, 2.24) is 4.90 Å². The van der Waals surface area contributed by atoms with Crippen molar-refractivity contribution in [1.29, 1.82) is 0 Å². The molecule has 3 atom stereocenters. The molecule has 25 heavy (non-hydrogen) atoms. The van der Waals surface area contributed by atoms with Gasteiger partial charge < -0.3 is 19.5 Å². The van der Waals surface area contributed by atoms with Gasteiger partial charge in [-0.05, 0) is 43.4 Å². The summed E-state index contributed by atoms with van der Waals surface area (Å²) in [5, 5.41) is 9.62. The van der Waals surface area contributed by atoms with Gasteiger partial charge in [-0.2, -0.15) is 0 Å². The standard InChI is InChI=1S/C19H23NO5/c21-18(13-6-7-16-17(11-13)25-9-3-8-24-16)20-14-5-2-1-4-12(14)10-15(20)19(22)23/h6-7,11-12,14-15H,1-5,8-10H2,(H,22,23). The molecule has 2 aliphatic heterocycles. The molecule has 1 saturated carbocycles. The molecule has 2 heterocycles. The normalized spacial score (nSPS) is 28.2. The number of hydrogen-bond acceptors (Lipinski definition) is 4. The molecule has 3 aliphatic rings. The van der Waals surface area contributed by atoms with Crippen molar-refractivity contribution in [2.24, 2.45) is 5.92 Å². The lowest BCUT2D eigenvalue weighted by Crippen LogP contribution is -2.46. The number of nitrogens with zero attached hydrogens (tertiary/aromatic N) is 1. The van der Waals surface area contributed by atoms with Gasteiger partial charge in [0.25, 0.3) is 5.91 Å². The van der Waals surface area contributed by atoms with Crippen LogP contribution < -0.4 is 9.47 Å². The summed E-state index contributed by atoms with van der Waals surface area (Å²) in [5.74, 6) is 0.393. The first-order chi connectivity index (χ1) is 12.1. The molecule has 0 radical (unpaired) electrons. The third kappa shape index (κ3) is 2.94. The second-order valence-corrected chi connectivity index (χ2v) is 7.13. The van der Waals surface area contributed by atoms with Crippen LogP contribution in [0.25, 0.3) is 0 Å². The first kappa shape index (κ1) is 16.2. The van der Waals surface area contributed by atoms with Gasteiger partial charge in [0, 0.05) is 18.0 Å². The monoisotopic (exact) mass is 345 g/mol. The number of carbonyl (C=O) groups excluding carboxylic acids is 1. The summed E-state index contributed by atoms with van der Waals surface area (Å²) in [4.78, 5) is 26.5. The zero-order valence-corrected chi connectivity index (χ0v) is 14.1. The van der Waals surface area contributed by atoms with E-state index in [4.69, 9.17) is 9.47 Å². The Hall–Kier alpha value is -2.24. The maximum atomic E-state index is 13.2. The number of likely N-dealkylation sites (tertiary alicyclic amines) is 1. The second-order valence-electron chi connectivity index (χ2n) is 7.13. The summed E-state index contributed by atoms with van der Waals surface area (Å²) in [6, 6.07) is 4.47. The number of aliphatic carboxylic acids is 1. The number of hydrogen-bond donors (Lipinski definition) is 1. The van der Waals surface area contributed by atoms with Crippen LogP contribution in [0.3, 0.4) is 0 Å². The van der Waals surface area contributed by atoms with Gasteiger partial charge in [-0.1, -0.05) is 12.8 Å². The average Bonchev–Trinajstić information content (AvgIpc) is 2.85. The van der Waals surface area contributed by atoms with Crippen molar-refractivity contribution in [3.05, 3.63) is 23.8 Å². The molecule has 6 nitrogen and oxygen atoms in total. The van der Waals surface area contributed by atoms with Crippen LogP contribution in [0.5, 0.6) is 11.5 Å². The van der Waals surface area contributed by atoms with E-state index in [0.29, 0.717) is 42.6 Å². The number of ether oxygens (including phenoxy) is 2. The van der Waals surface area contributed by atoms with Gasteiger partial charge in [0.2, 0.25) is 0 Å². The van der Waals surface area contributed by atoms with Gasteiger partial charge >= 0.3 is 5.97 Å². The molecule has 2 fully saturated rings. The lowest BCUT2D eigenvalue weighted by molar-refractivity contribution is -0.141. The minimum absolute atomic E-state index is 0.0401. The maximum Gasteiger partial charge on any atom is 0.326 e. The molecule has 1 aliphatic carbocycles. The van der Waals surface area contributed by atoms with Crippen molar-refractivity contribution in [3.8, 4) is 11.5 Å². The third-order valence-corrected chi connectivity index (χ3v) is 5.60. The highest BCUT2D eigenvalue weighted by Crippen LogP contribution is 2.41. The predicted octanol–water partition coefficient (Wildman–Crippen LogP) is 2.71. The molecule has 6 heteroatoms. The Morgan fingerprint density at radius 3 is 2.60 bits per heavy atom. The first-order valence-electron chi connectivity index (χ1n) is 9.10. The van der Waals surface area contributed by atoms with E-state index in [0.717, 1.165) is 32.1 Å². The quantitative estimate of drug-likeness (QED) is 0.892. The van der Waals surface area contributed by atoms with Crippen LogP contribution in [0.2, 0.25) is 0 Å². The molecular weight excluding hydrogens is 322 g/mol. The topological polar surface area (TPSA) is 76.1 Å². The smallest absolute Gasteiger partial charge is 0.326 e. The summed E-state index contributed by atoms with van der Waals surface area (Å²) in [5.41, 5.74) is 0.474. The first-order valence-corrected chi connectivity index (χ1v) is 9.10. The van der Waals surface area contributed by atoms with Crippen LogP contribution in [0.4, 0.5) is 0 Å². The summed E-state index contributed by atoms with van der Waals surface area (Å²) < 4.78 is 11.3. The summed E-state index contributed by atoms with van der Waals surface area (Å²) in [7, 11) is 0.